The molecule has 4 aliphatic rings. The van der Waals surface area contributed by atoms with Crippen molar-refractivity contribution in [1.29, 1.82) is 5.26 Å². The molecule has 2 fully saturated rings. The molecule has 1 saturated carbocycles. The van der Waals surface area contributed by atoms with Crippen molar-refractivity contribution in [1.82, 2.24) is 5.32 Å². The molecular weight excluding hydrogens is 336 g/mol. The molecule has 0 aromatic heterocycles. The van der Waals surface area contributed by atoms with Gasteiger partial charge in [0.15, 0.2) is 0 Å². The fourth-order valence-electron chi connectivity index (χ4n) is 6.36. The maximum absolute atomic E-state index is 13.1. The molecule has 4 atom stereocenters. The van der Waals surface area contributed by atoms with Gasteiger partial charge in [-0.1, -0.05) is 36.4 Å². The van der Waals surface area contributed by atoms with E-state index in [1.54, 1.807) is 0 Å². The minimum atomic E-state index is -0.519. The highest BCUT2D eigenvalue weighted by Crippen LogP contribution is 2.67. The first-order valence-corrected chi connectivity index (χ1v) is 9.57. The number of hydrogen-bond donors (Lipinski definition) is 1. The molecule has 1 N–H and O–H groups in total. The van der Waals surface area contributed by atoms with Gasteiger partial charge in [-0.25, -0.2) is 0 Å². The van der Waals surface area contributed by atoms with E-state index in [-0.39, 0.29) is 23.2 Å². The van der Waals surface area contributed by atoms with E-state index >= 15 is 0 Å². The summed E-state index contributed by atoms with van der Waals surface area (Å²) in [6.07, 6.45) is 2.00. The zero-order valence-electron chi connectivity index (χ0n) is 15.4. The molecule has 0 amide bonds. The van der Waals surface area contributed by atoms with Crippen molar-refractivity contribution in [3.8, 4) is 6.07 Å². The Labute approximate surface area is 159 Å². The van der Waals surface area contributed by atoms with Crippen LogP contribution in [-0.2, 0) is 14.9 Å². The zero-order chi connectivity index (χ0) is 18.6. The maximum Gasteiger partial charge on any atom is 0.314 e. The van der Waals surface area contributed by atoms with Gasteiger partial charge in [-0.3, -0.25) is 4.79 Å². The van der Waals surface area contributed by atoms with E-state index < -0.39 is 5.41 Å². The van der Waals surface area contributed by atoms with Gasteiger partial charge in [0.2, 0.25) is 0 Å². The van der Waals surface area contributed by atoms with Crippen LogP contribution in [0.1, 0.15) is 41.0 Å². The Morgan fingerprint density at radius 1 is 1.22 bits per heavy atom. The Balaban J connectivity index is 1.81. The topological polar surface area (TPSA) is 62.1 Å². The van der Waals surface area contributed by atoms with Gasteiger partial charge < -0.3 is 10.1 Å². The number of ether oxygens (including phenoxy) is 1. The predicted molar refractivity (Wildman–Crippen MR) is 101 cm³/mol. The molecule has 0 radical (unpaired) electrons. The SMILES string of the molecule is COC(=O)C12CNCC1C1(c3ccc(C#N)cc3)CCC2c2ccccc21. The quantitative estimate of drug-likeness (QED) is 0.838. The van der Waals surface area contributed by atoms with Crippen LogP contribution < -0.4 is 5.32 Å². The molecule has 27 heavy (non-hydrogen) atoms. The summed E-state index contributed by atoms with van der Waals surface area (Å²) in [5.41, 5.74) is 3.76. The third-order valence-corrected chi connectivity index (χ3v) is 7.34. The van der Waals surface area contributed by atoms with Gasteiger partial charge in [-0.15, -0.1) is 0 Å². The number of nitrogens with one attached hydrogen (secondary N) is 1. The van der Waals surface area contributed by atoms with Gasteiger partial charge >= 0.3 is 5.97 Å². The Kier molecular flexibility index (Phi) is 3.47. The van der Waals surface area contributed by atoms with Crippen LogP contribution >= 0.6 is 0 Å². The first-order chi connectivity index (χ1) is 13.2. The molecular formula is C23H22N2O2. The number of benzene rings is 2. The summed E-state index contributed by atoms with van der Waals surface area (Å²) < 4.78 is 5.36. The number of hydrogen-bond acceptors (Lipinski definition) is 4. The molecule has 2 aromatic carbocycles. The van der Waals surface area contributed by atoms with Gasteiger partial charge in [-0.05, 0) is 41.7 Å². The van der Waals surface area contributed by atoms with Crippen LogP contribution in [-0.4, -0.2) is 26.2 Å². The molecule has 4 heteroatoms. The molecule has 3 aliphatic carbocycles. The monoisotopic (exact) mass is 358 g/mol. The van der Waals surface area contributed by atoms with Crippen LogP contribution in [0, 0.1) is 22.7 Å². The van der Waals surface area contributed by atoms with E-state index in [2.05, 4.69) is 47.8 Å². The van der Waals surface area contributed by atoms with E-state index in [1.807, 2.05) is 12.1 Å². The number of carbonyl (C=O) groups is 1. The van der Waals surface area contributed by atoms with Crippen molar-refractivity contribution in [2.45, 2.75) is 24.2 Å². The Morgan fingerprint density at radius 3 is 2.74 bits per heavy atom. The van der Waals surface area contributed by atoms with E-state index in [0.29, 0.717) is 12.1 Å². The second kappa shape index (κ2) is 5.68. The van der Waals surface area contributed by atoms with Gasteiger partial charge in [0.05, 0.1) is 24.2 Å². The van der Waals surface area contributed by atoms with Crippen LogP contribution in [0.3, 0.4) is 0 Å². The maximum atomic E-state index is 13.1. The summed E-state index contributed by atoms with van der Waals surface area (Å²) in [4.78, 5) is 13.1. The van der Waals surface area contributed by atoms with Crippen LogP contribution in [0.25, 0.3) is 0 Å². The molecule has 0 spiro atoms. The second-order valence-corrected chi connectivity index (χ2v) is 8.05. The summed E-state index contributed by atoms with van der Waals surface area (Å²) in [6.45, 7) is 1.47. The first kappa shape index (κ1) is 16.5. The second-order valence-electron chi connectivity index (χ2n) is 8.05. The van der Waals surface area contributed by atoms with Crippen molar-refractivity contribution >= 4 is 5.97 Å². The third kappa shape index (κ3) is 1.88. The van der Waals surface area contributed by atoms with E-state index in [4.69, 9.17) is 4.74 Å². The average molecular weight is 358 g/mol. The van der Waals surface area contributed by atoms with Crippen LogP contribution in [0.4, 0.5) is 0 Å². The Morgan fingerprint density at radius 2 is 2.00 bits per heavy atom. The highest BCUT2D eigenvalue weighted by Gasteiger charge is 2.69. The fourth-order valence-corrected chi connectivity index (χ4v) is 6.36. The van der Waals surface area contributed by atoms with Crippen LogP contribution in [0.2, 0.25) is 0 Å². The van der Waals surface area contributed by atoms with E-state index in [0.717, 1.165) is 19.4 Å². The van der Waals surface area contributed by atoms with E-state index in [1.165, 1.54) is 23.8 Å². The number of nitriles is 1. The number of carbonyl (C=O) groups excluding carboxylic acids is 1. The summed E-state index contributed by atoms with van der Waals surface area (Å²) in [5.74, 6) is 0.259. The van der Waals surface area contributed by atoms with Crippen molar-refractivity contribution in [2.75, 3.05) is 20.2 Å². The standard InChI is InChI=1S/C23H22N2O2/c1-27-21(26)23-14-25-13-20(23)22(16-8-6-15(12-24)7-9-16)11-10-19(23)17-4-2-3-5-18(17)22/h2-9,19-20,25H,10-11,13-14H2,1H3. The van der Waals surface area contributed by atoms with E-state index in [9.17, 15) is 10.1 Å². The normalized spacial score (nSPS) is 33.0. The molecule has 1 heterocycles. The highest BCUT2D eigenvalue weighted by molar-refractivity contribution is 5.82. The van der Waals surface area contributed by atoms with Crippen molar-refractivity contribution in [3.05, 3.63) is 70.8 Å². The van der Waals surface area contributed by atoms with Crippen LogP contribution in [0.15, 0.2) is 48.5 Å². The number of rotatable bonds is 2. The third-order valence-electron chi connectivity index (χ3n) is 7.34. The lowest BCUT2D eigenvalue weighted by Crippen LogP contribution is -2.60. The van der Waals surface area contributed by atoms with Gasteiger partial charge in [0, 0.05) is 30.3 Å². The summed E-state index contributed by atoms with van der Waals surface area (Å²) >= 11 is 0. The minimum absolute atomic E-state index is 0.0882. The number of esters is 1. The molecule has 4 unspecified atom stereocenters. The molecule has 2 aromatic rings. The lowest BCUT2D eigenvalue weighted by atomic mass is 9.42. The molecule has 4 nitrogen and oxygen atoms in total. The molecule has 136 valence electrons. The number of methoxy groups -OCH3 is 1. The molecule has 2 bridgehead atoms. The summed E-state index contributed by atoms with van der Waals surface area (Å²) in [6, 6.07) is 18.8. The Bertz CT molecular complexity index is 961. The molecule has 1 aliphatic heterocycles. The highest BCUT2D eigenvalue weighted by atomic mass is 16.5. The lowest BCUT2D eigenvalue weighted by Gasteiger charge is -2.59. The largest absolute Gasteiger partial charge is 0.469 e. The minimum Gasteiger partial charge on any atom is -0.469 e. The summed E-state index contributed by atoms with van der Waals surface area (Å²) in [5, 5.41) is 12.7. The fraction of sp³-hybridized carbons (Fsp3) is 0.391. The van der Waals surface area contributed by atoms with Gasteiger partial charge in [0.25, 0.3) is 0 Å². The average Bonchev–Trinajstić information content (AvgIpc) is 3.21. The number of fused-ring (bicyclic) bond motifs is 1. The van der Waals surface area contributed by atoms with Gasteiger partial charge in [0.1, 0.15) is 0 Å². The molecule has 1 saturated heterocycles. The predicted octanol–water partition coefficient (Wildman–Crippen LogP) is 3.11. The smallest absolute Gasteiger partial charge is 0.314 e. The lowest BCUT2D eigenvalue weighted by molar-refractivity contribution is -0.161. The summed E-state index contributed by atoms with van der Waals surface area (Å²) in [7, 11) is 1.51. The van der Waals surface area contributed by atoms with Crippen molar-refractivity contribution in [2.24, 2.45) is 11.3 Å². The van der Waals surface area contributed by atoms with Crippen molar-refractivity contribution < 1.29 is 9.53 Å². The first-order valence-electron chi connectivity index (χ1n) is 9.57. The number of nitrogens with zero attached hydrogens (tertiary/aromatic N) is 1. The zero-order valence-corrected chi connectivity index (χ0v) is 15.4. The Hall–Kier alpha value is -2.64. The van der Waals surface area contributed by atoms with Crippen molar-refractivity contribution in [3.63, 3.8) is 0 Å². The van der Waals surface area contributed by atoms with Crippen LogP contribution in [0.5, 0.6) is 0 Å². The molecule has 6 rings (SSSR count). The van der Waals surface area contributed by atoms with Gasteiger partial charge in [-0.2, -0.15) is 5.26 Å².